The molecule has 0 saturated carbocycles. The SMILES string of the molecule is CC1(C)OB(B2OC(C)(C)C(C)(C)O2)OC1(C)C.C[C@@H](c1ccc(B2OC(C)(C)C(C)(C)O2)cc1)N1CC[C@](CC(C)(C)O)(c2ccccc2)OC1=O.C[C@@H](c1ccc(Br)cc1)N1CC[C@](CC(C)(C)O)(c2ccccc2)OC1=O. The zero-order valence-electron chi connectivity index (χ0n) is 50.8. The molecule has 0 aliphatic carbocycles. The van der Waals surface area contributed by atoms with Gasteiger partial charge in [0.2, 0.25) is 0 Å². The van der Waals surface area contributed by atoms with Crippen LogP contribution in [0.1, 0.15) is 185 Å². The van der Waals surface area contributed by atoms with Gasteiger partial charge in [0, 0.05) is 43.2 Å². The van der Waals surface area contributed by atoms with Crippen LogP contribution in [0.5, 0.6) is 0 Å². The largest absolute Gasteiger partial charge is 0.494 e. The Morgan fingerprint density at radius 3 is 1.09 bits per heavy atom. The smallest absolute Gasteiger partial charge is 0.438 e. The van der Waals surface area contributed by atoms with Crippen molar-refractivity contribution in [3.63, 3.8) is 0 Å². The summed E-state index contributed by atoms with van der Waals surface area (Å²) in [4.78, 5) is 29.8. The molecule has 2 N–H and O–H groups in total. The van der Waals surface area contributed by atoms with Crippen LogP contribution >= 0.6 is 15.9 Å². The maximum absolute atomic E-state index is 13.3. The summed E-state index contributed by atoms with van der Waals surface area (Å²) in [5, 5.41) is 21.0. The van der Waals surface area contributed by atoms with E-state index in [1.165, 1.54) is 0 Å². The molecule has 434 valence electrons. The average molecular weight is 1170 g/mol. The molecule has 80 heavy (non-hydrogen) atoms. The summed E-state index contributed by atoms with van der Waals surface area (Å²) in [5.74, 6) is 0. The van der Waals surface area contributed by atoms with Gasteiger partial charge in [0.25, 0.3) is 0 Å². The summed E-state index contributed by atoms with van der Waals surface area (Å²) in [7, 11) is -1.37. The highest BCUT2D eigenvalue weighted by atomic mass is 79.9. The normalized spacial score (nSPS) is 25.4. The van der Waals surface area contributed by atoms with Crippen LogP contribution in [0, 0.1) is 0 Å². The van der Waals surface area contributed by atoms with E-state index < -0.39 is 54.7 Å². The van der Waals surface area contributed by atoms with E-state index in [2.05, 4.69) is 15.9 Å². The van der Waals surface area contributed by atoms with Crippen LogP contribution in [0.15, 0.2) is 114 Å². The van der Waals surface area contributed by atoms with Gasteiger partial charge in [-0.05, 0) is 164 Å². The Morgan fingerprint density at radius 2 is 0.787 bits per heavy atom. The zero-order chi connectivity index (χ0) is 59.3. The van der Waals surface area contributed by atoms with E-state index in [9.17, 15) is 19.8 Å². The lowest BCUT2D eigenvalue weighted by Crippen LogP contribution is -2.51. The molecule has 0 bridgehead atoms. The van der Waals surface area contributed by atoms with Crippen molar-refractivity contribution >= 4 is 54.7 Å². The van der Waals surface area contributed by atoms with Crippen molar-refractivity contribution in [2.75, 3.05) is 13.1 Å². The average Bonchev–Trinajstić information content (AvgIpc) is 4.06. The summed E-state index contributed by atoms with van der Waals surface area (Å²) in [6.45, 7) is 36.5. The number of hydrogen-bond acceptors (Lipinski definition) is 12. The summed E-state index contributed by atoms with van der Waals surface area (Å²) in [6, 6.07) is 35.3. The fourth-order valence-corrected chi connectivity index (χ4v) is 11.1. The minimum absolute atomic E-state index is 0.0819. The molecule has 2 amide bonds. The van der Waals surface area contributed by atoms with Gasteiger partial charge in [0.1, 0.15) is 11.2 Å². The van der Waals surface area contributed by atoms with Gasteiger partial charge in [-0.25, -0.2) is 9.59 Å². The third-order valence-electron chi connectivity index (χ3n) is 17.6. The highest BCUT2D eigenvalue weighted by molar-refractivity contribution is 9.10. The van der Waals surface area contributed by atoms with Gasteiger partial charge < -0.3 is 57.4 Å². The van der Waals surface area contributed by atoms with Crippen molar-refractivity contribution in [1.29, 1.82) is 0 Å². The van der Waals surface area contributed by atoms with Gasteiger partial charge >= 0.3 is 33.3 Å². The molecule has 5 heterocycles. The van der Waals surface area contributed by atoms with E-state index in [4.69, 9.17) is 37.4 Å². The Hall–Kier alpha value is -4.23. The van der Waals surface area contributed by atoms with E-state index in [0.717, 1.165) is 32.2 Å². The first-order valence-electron chi connectivity index (χ1n) is 28.3. The predicted octanol–water partition coefficient (Wildman–Crippen LogP) is 12.6. The number of hydrogen-bond donors (Lipinski definition) is 2. The van der Waals surface area contributed by atoms with E-state index in [0.29, 0.717) is 38.8 Å². The summed E-state index contributed by atoms with van der Waals surface area (Å²) in [5.41, 5.74) is -0.958. The molecule has 5 fully saturated rings. The molecule has 4 aromatic carbocycles. The molecule has 5 aliphatic rings. The van der Waals surface area contributed by atoms with Gasteiger partial charge in [-0.15, -0.1) is 0 Å². The van der Waals surface area contributed by atoms with E-state index in [1.807, 2.05) is 206 Å². The Bertz CT molecular complexity index is 2670. The Kier molecular flexibility index (Phi) is 18.3. The first-order valence-corrected chi connectivity index (χ1v) is 29.1. The molecule has 18 heteroatoms. The van der Waals surface area contributed by atoms with Gasteiger partial charge in [0.05, 0.1) is 56.9 Å². The van der Waals surface area contributed by atoms with Crippen LogP contribution in [0.4, 0.5) is 9.59 Å². The van der Waals surface area contributed by atoms with Crippen molar-refractivity contribution in [2.24, 2.45) is 0 Å². The number of nitrogens with zero attached hydrogens (tertiary/aromatic N) is 2. The third kappa shape index (κ3) is 14.0. The van der Waals surface area contributed by atoms with Crippen LogP contribution < -0.4 is 5.46 Å². The second-order valence-corrected chi connectivity index (χ2v) is 27.6. The molecule has 0 aromatic heterocycles. The summed E-state index contributed by atoms with van der Waals surface area (Å²) >= 11 is 3.44. The van der Waals surface area contributed by atoms with Gasteiger partial charge in [0.15, 0.2) is 0 Å². The number of carbonyl (C=O) groups is 2. The van der Waals surface area contributed by atoms with Crippen LogP contribution in [-0.4, -0.2) is 111 Å². The Morgan fingerprint density at radius 1 is 0.487 bits per heavy atom. The van der Waals surface area contributed by atoms with Gasteiger partial charge in [-0.1, -0.05) is 113 Å². The van der Waals surface area contributed by atoms with Gasteiger partial charge in [-0.3, -0.25) is 0 Å². The maximum Gasteiger partial charge on any atom is 0.494 e. The molecule has 4 aromatic rings. The maximum atomic E-state index is 13.3. The minimum atomic E-state index is -0.979. The van der Waals surface area contributed by atoms with Crippen LogP contribution in [-0.2, 0) is 48.6 Å². The number of ether oxygens (including phenoxy) is 2. The molecule has 0 radical (unpaired) electrons. The van der Waals surface area contributed by atoms with E-state index in [-0.39, 0.29) is 46.7 Å². The molecule has 0 unspecified atom stereocenters. The molecule has 5 aliphatic heterocycles. The predicted molar refractivity (Wildman–Crippen MR) is 319 cm³/mol. The fraction of sp³-hybridized carbons (Fsp3) is 0.581. The number of benzene rings is 4. The van der Waals surface area contributed by atoms with Crippen molar-refractivity contribution in [1.82, 2.24) is 9.80 Å². The van der Waals surface area contributed by atoms with Crippen LogP contribution in [0.3, 0.4) is 0 Å². The van der Waals surface area contributed by atoms with E-state index >= 15 is 0 Å². The second-order valence-electron chi connectivity index (χ2n) is 26.7. The topological polar surface area (TPSA) is 155 Å². The first kappa shape index (κ1) is 63.4. The van der Waals surface area contributed by atoms with Crippen molar-refractivity contribution in [2.45, 2.75) is 218 Å². The molecular weight excluding hydrogens is 1080 g/mol. The molecular formula is C62H88B3BrN2O12. The minimum Gasteiger partial charge on any atom is -0.438 e. The lowest BCUT2D eigenvalue weighted by Gasteiger charge is -2.45. The number of halogens is 1. The van der Waals surface area contributed by atoms with E-state index in [1.54, 1.807) is 37.5 Å². The summed E-state index contributed by atoms with van der Waals surface area (Å²) in [6.07, 6.45) is 1.21. The van der Waals surface area contributed by atoms with Crippen molar-refractivity contribution < 1.29 is 57.2 Å². The number of amides is 2. The zero-order valence-corrected chi connectivity index (χ0v) is 52.4. The second kappa shape index (κ2) is 23.1. The number of carbonyl (C=O) groups excluding carboxylic acids is 2. The van der Waals surface area contributed by atoms with Crippen LogP contribution in [0.25, 0.3) is 0 Å². The quantitative estimate of drug-likeness (QED) is 0.130. The fourth-order valence-electron chi connectivity index (χ4n) is 10.8. The van der Waals surface area contributed by atoms with Gasteiger partial charge in [-0.2, -0.15) is 0 Å². The third-order valence-corrected chi connectivity index (χ3v) is 18.1. The molecule has 14 nitrogen and oxygen atoms in total. The highest BCUT2D eigenvalue weighted by Gasteiger charge is 2.64. The van der Waals surface area contributed by atoms with Crippen molar-refractivity contribution in [3.8, 4) is 0 Å². The molecule has 0 spiro atoms. The first-order chi connectivity index (χ1) is 36.8. The number of aliphatic hydroxyl groups is 2. The highest BCUT2D eigenvalue weighted by Crippen LogP contribution is 2.46. The summed E-state index contributed by atoms with van der Waals surface area (Å²) < 4.78 is 49.3. The van der Waals surface area contributed by atoms with Crippen LogP contribution in [0.2, 0.25) is 0 Å². The molecule has 5 saturated heterocycles. The Balaban J connectivity index is 0.000000183. The molecule has 4 atom stereocenters. The van der Waals surface area contributed by atoms with Crippen molar-refractivity contribution in [3.05, 3.63) is 136 Å². The Labute approximate surface area is 486 Å². The standard InChI is InChI=1S/C28H38BNO5.C22H26BrNO3.C12H24B2O4/c1-20(21-13-15-23(16-14-21)29-34-26(4,5)27(6,7)35-29)30-18-17-28(33-24(30)31,19-25(2,3)32)22-11-9-8-10-12-22;1-16(17-9-11-19(23)12-10-17)24-14-13-22(27-20(24)25,15-21(2,3)26)18-7-5-4-6-8-18;1-9(2)10(3,4)16-13(15-9)14-17-11(5,6)12(7,8)18-14/h8-16,20,32H,17-19H2,1-7H3;4-12,16,26H,13-15H2,1-3H3;1-8H3/t20-,28-;16-,22-;/m00./s1. The number of rotatable bonds is 12. The lowest BCUT2D eigenvalue weighted by molar-refractivity contribution is -0.102. The lowest BCUT2D eigenvalue weighted by atomic mass is 9.49. The number of cyclic esters (lactones) is 2. The monoisotopic (exact) mass is 1160 g/mol. The molecule has 9 rings (SSSR count).